The van der Waals surface area contributed by atoms with Gasteiger partial charge < -0.3 is 10.6 Å². The van der Waals surface area contributed by atoms with E-state index in [-0.39, 0.29) is 0 Å². The predicted molar refractivity (Wildman–Crippen MR) is 70.8 cm³/mol. The van der Waals surface area contributed by atoms with Crippen LogP contribution in [0.4, 0.5) is 5.69 Å². The van der Waals surface area contributed by atoms with E-state index in [2.05, 4.69) is 18.0 Å². The van der Waals surface area contributed by atoms with E-state index in [1.54, 1.807) is 0 Å². The van der Waals surface area contributed by atoms with Gasteiger partial charge in [0.05, 0.1) is 12.5 Å². The van der Waals surface area contributed by atoms with E-state index in [0.717, 1.165) is 12.1 Å². The van der Waals surface area contributed by atoms with Crippen molar-refractivity contribution in [3.8, 4) is 6.07 Å². The predicted octanol–water partition coefficient (Wildman–Crippen LogP) is 2.13. The zero-order valence-electron chi connectivity index (χ0n) is 10.1. The molecule has 4 nitrogen and oxygen atoms in total. The van der Waals surface area contributed by atoms with Crippen LogP contribution in [0.3, 0.4) is 0 Å². The molecule has 90 valence electrons. The van der Waals surface area contributed by atoms with Crippen molar-refractivity contribution in [2.45, 2.75) is 19.8 Å². The number of hydrogen-bond acceptors (Lipinski definition) is 2. The first-order valence-corrected chi connectivity index (χ1v) is 5.79. The lowest BCUT2D eigenvalue weighted by molar-refractivity contribution is 0.902. The quantitative estimate of drug-likeness (QED) is 0.622. The number of nitriles is 1. The minimum Gasteiger partial charge on any atom is -0.370 e. The normalized spacial score (nSPS) is 10.9. The molecule has 0 atom stereocenters. The first-order valence-electron chi connectivity index (χ1n) is 5.79. The number of anilines is 1. The summed E-state index contributed by atoms with van der Waals surface area (Å²) in [5.74, 6) is 0.480. The topological polar surface area (TPSA) is 65.4 Å². The molecule has 0 spiro atoms. The van der Waals surface area contributed by atoms with Crippen molar-refractivity contribution in [2.24, 2.45) is 10.7 Å². The van der Waals surface area contributed by atoms with Crippen LogP contribution in [0, 0.1) is 11.3 Å². The molecule has 0 aliphatic rings. The second kappa shape index (κ2) is 7.29. The van der Waals surface area contributed by atoms with Gasteiger partial charge in [-0.3, -0.25) is 4.99 Å². The fraction of sp³-hybridized carbons (Fsp3) is 0.385. The third kappa shape index (κ3) is 4.15. The maximum absolute atomic E-state index is 8.66. The number of aliphatic imine (C=N–C) groups is 1. The Bertz CT molecular complexity index is 392. The number of para-hydroxylation sites is 1. The molecule has 0 saturated carbocycles. The average Bonchev–Trinajstić information content (AvgIpc) is 2.38. The van der Waals surface area contributed by atoms with E-state index in [0.29, 0.717) is 25.5 Å². The minimum atomic E-state index is 0.428. The molecule has 0 unspecified atom stereocenters. The van der Waals surface area contributed by atoms with Crippen molar-refractivity contribution in [1.29, 1.82) is 5.26 Å². The number of nitrogens with zero attached hydrogens (tertiary/aromatic N) is 3. The van der Waals surface area contributed by atoms with Gasteiger partial charge in [-0.15, -0.1) is 0 Å². The van der Waals surface area contributed by atoms with Crippen LogP contribution in [0.25, 0.3) is 0 Å². The summed E-state index contributed by atoms with van der Waals surface area (Å²) in [7, 11) is 0. The zero-order chi connectivity index (χ0) is 12.5. The summed E-state index contributed by atoms with van der Waals surface area (Å²) >= 11 is 0. The van der Waals surface area contributed by atoms with Gasteiger partial charge in [0, 0.05) is 18.8 Å². The molecule has 0 fully saturated rings. The molecular formula is C13H18N4. The summed E-state index contributed by atoms with van der Waals surface area (Å²) in [5, 5.41) is 8.66. The highest BCUT2D eigenvalue weighted by molar-refractivity contribution is 5.94. The van der Waals surface area contributed by atoms with E-state index in [9.17, 15) is 0 Å². The Morgan fingerprint density at radius 1 is 1.41 bits per heavy atom. The fourth-order valence-electron chi connectivity index (χ4n) is 1.46. The van der Waals surface area contributed by atoms with Gasteiger partial charge in [-0.1, -0.05) is 25.1 Å². The van der Waals surface area contributed by atoms with Crippen LogP contribution in [0.2, 0.25) is 0 Å². The lowest BCUT2D eigenvalue weighted by Crippen LogP contribution is -2.38. The third-order valence-corrected chi connectivity index (χ3v) is 2.29. The molecule has 1 aromatic rings. The number of rotatable bonds is 5. The highest BCUT2D eigenvalue weighted by Gasteiger charge is 2.09. The van der Waals surface area contributed by atoms with Crippen LogP contribution in [0.15, 0.2) is 35.3 Å². The zero-order valence-corrected chi connectivity index (χ0v) is 10.1. The molecule has 0 aliphatic carbocycles. The third-order valence-electron chi connectivity index (χ3n) is 2.29. The maximum atomic E-state index is 8.66. The van der Waals surface area contributed by atoms with E-state index in [4.69, 9.17) is 11.0 Å². The number of guanidine groups is 1. The number of benzene rings is 1. The summed E-state index contributed by atoms with van der Waals surface area (Å²) < 4.78 is 0. The van der Waals surface area contributed by atoms with Gasteiger partial charge in [-0.2, -0.15) is 5.26 Å². The van der Waals surface area contributed by atoms with Gasteiger partial charge in [-0.05, 0) is 18.6 Å². The second-order valence-corrected chi connectivity index (χ2v) is 3.64. The summed E-state index contributed by atoms with van der Waals surface area (Å²) in [6, 6.07) is 11.9. The van der Waals surface area contributed by atoms with Crippen LogP contribution >= 0.6 is 0 Å². The van der Waals surface area contributed by atoms with Gasteiger partial charge in [0.1, 0.15) is 0 Å². The van der Waals surface area contributed by atoms with E-state index in [1.165, 1.54) is 0 Å². The van der Waals surface area contributed by atoms with E-state index >= 15 is 0 Å². The monoisotopic (exact) mass is 230 g/mol. The van der Waals surface area contributed by atoms with Crippen molar-refractivity contribution >= 4 is 11.6 Å². The van der Waals surface area contributed by atoms with Crippen LogP contribution in [-0.4, -0.2) is 19.0 Å². The summed E-state index contributed by atoms with van der Waals surface area (Å²) in [5.41, 5.74) is 6.92. The summed E-state index contributed by atoms with van der Waals surface area (Å²) in [6.07, 6.45) is 1.39. The Hall–Kier alpha value is -2.02. The highest BCUT2D eigenvalue weighted by atomic mass is 15.3. The van der Waals surface area contributed by atoms with E-state index in [1.807, 2.05) is 35.2 Å². The SMILES string of the molecule is CCCN=C(N)N(CCC#N)c1ccccc1. The molecule has 4 heteroatoms. The smallest absolute Gasteiger partial charge is 0.195 e. The van der Waals surface area contributed by atoms with Crippen molar-refractivity contribution in [3.05, 3.63) is 30.3 Å². The van der Waals surface area contributed by atoms with Crippen LogP contribution in [-0.2, 0) is 0 Å². The molecule has 1 rings (SSSR count). The van der Waals surface area contributed by atoms with Gasteiger partial charge in [-0.25, -0.2) is 0 Å². The van der Waals surface area contributed by atoms with Gasteiger partial charge in [0.2, 0.25) is 0 Å². The Morgan fingerprint density at radius 2 is 2.12 bits per heavy atom. The molecule has 0 aromatic heterocycles. The van der Waals surface area contributed by atoms with Gasteiger partial charge >= 0.3 is 0 Å². The molecule has 17 heavy (non-hydrogen) atoms. The first kappa shape index (κ1) is 13.0. The maximum Gasteiger partial charge on any atom is 0.195 e. The van der Waals surface area contributed by atoms with E-state index < -0.39 is 0 Å². The van der Waals surface area contributed by atoms with Crippen molar-refractivity contribution in [2.75, 3.05) is 18.0 Å². The minimum absolute atomic E-state index is 0.428. The molecule has 0 saturated heterocycles. The molecule has 2 N–H and O–H groups in total. The first-order chi connectivity index (χ1) is 8.29. The van der Waals surface area contributed by atoms with Crippen molar-refractivity contribution < 1.29 is 0 Å². The van der Waals surface area contributed by atoms with Gasteiger partial charge in [0.25, 0.3) is 0 Å². The standard InChI is InChI=1S/C13H18N4/c1-2-10-16-13(15)17(11-6-9-14)12-7-4-3-5-8-12/h3-5,7-8H,2,6,10-11H2,1H3,(H2,15,16). The highest BCUT2D eigenvalue weighted by Crippen LogP contribution is 2.13. The van der Waals surface area contributed by atoms with Crippen molar-refractivity contribution in [3.63, 3.8) is 0 Å². The summed E-state index contributed by atoms with van der Waals surface area (Å²) in [6.45, 7) is 3.33. The average molecular weight is 230 g/mol. The molecule has 0 heterocycles. The van der Waals surface area contributed by atoms with Crippen LogP contribution < -0.4 is 10.6 Å². The Morgan fingerprint density at radius 3 is 2.71 bits per heavy atom. The number of hydrogen-bond donors (Lipinski definition) is 1. The van der Waals surface area contributed by atoms with Crippen molar-refractivity contribution in [1.82, 2.24) is 0 Å². The molecule has 0 amide bonds. The second-order valence-electron chi connectivity index (χ2n) is 3.64. The Kier molecular flexibility index (Phi) is 5.59. The molecule has 0 bridgehead atoms. The molecule has 0 radical (unpaired) electrons. The lowest BCUT2D eigenvalue weighted by Gasteiger charge is -2.22. The molecular weight excluding hydrogens is 212 g/mol. The molecule has 1 aromatic carbocycles. The number of nitrogens with two attached hydrogens (primary N) is 1. The summed E-state index contributed by atoms with van der Waals surface area (Å²) in [4.78, 5) is 6.16. The fourth-order valence-corrected chi connectivity index (χ4v) is 1.46. The Balaban J connectivity index is 2.84. The van der Waals surface area contributed by atoms with Gasteiger partial charge in [0.15, 0.2) is 5.96 Å². The Labute approximate surface area is 102 Å². The van der Waals surface area contributed by atoms with Crippen LogP contribution in [0.5, 0.6) is 0 Å². The van der Waals surface area contributed by atoms with Crippen LogP contribution in [0.1, 0.15) is 19.8 Å². The molecule has 0 aliphatic heterocycles. The largest absolute Gasteiger partial charge is 0.370 e. The lowest BCUT2D eigenvalue weighted by atomic mass is 10.3.